The highest BCUT2D eigenvalue weighted by molar-refractivity contribution is 5.79. The molecular weight excluding hydrogens is 308 g/mol. The van der Waals surface area contributed by atoms with Crippen LogP contribution in [0, 0.1) is 12.3 Å². The van der Waals surface area contributed by atoms with Crippen molar-refractivity contribution in [3.8, 4) is 12.3 Å². The van der Waals surface area contributed by atoms with Gasteiger partial charge in [-0.1, -0.05) is 44.9 Å². The number of carbonyl (C=O) groups excluding carboxylic acids is 2. The van der Waals surface area contributed by atoms with Crippen LogP contribution in [0.4, 0.5) is 0 Å². The molecule has 0 aliphatic carbocycles. The first-order valence-electron chi connectivity index (χ1n) is 8.98. The summed E-state index contributed by atoms with van der Waals surface area (Å²) in [7, 11) is 0. The second kappa shape index (κ2) is 15.2. The molecule has 0 spiro atoms. The molecule has 0 aromatic heterocycles. The Morgan fingerprint density at radius 2 is 1.29 bits per heavy atom. The number of carboxylic acids is 1. The molecule has 2 unspecified atom stereocenters. The molecule has 0 fully saturated rings. The number of hydrogen-bond acceptors (Lipinski definition) is 5. The van der Waals surface area contributed by atoms with Gasteiger partial charge in [0.2, 0.25) is 0 Å². The Hall–Kier alpha value is -1.38. The van der Waals surface area contributed by atoms with Gasteiger partial charge < -0.3 is 20.1 Å². The van der Waals surface area contributed by atoms with E-state index in [9.17, 15) is 24.9 Å². The van der Waals surface area contributed by atoms with Crippen LogP contribution in [0.3, 0.4) is 0 Å². The van der Waals surface area contributed by atoms with Crippen molar-refractivity contribution in [3.63, 3.8) is 0 Å². The summed E-state index contributed by atoms with van der Waals surface area (Å²) >= 11 is 0. The van der Waals surface area contributed by atoms with Crippen LogP contribution in [-0.4, -0.2) is 34.2 Å². The summed E-state index contributed by atoms with van der Waals surface area (Å²) in [5, 5.41) is 29.2. The van der Waals surface area contributed by atoms with Crippen LogP contribution < -0.4 is 5.11 Å². The van der Waals surface area contributed by atoms with E-state index in [4.69, 9.17) is 6.42 Å². The minimum absolute atomic E-state index is 0.145. The van der Waals surface area contributed by atoms with Gasteiger partial charge in [-0.05, 0) is 12.8 Å². The van der Waals surface area contributed by atoms with Crippen LogP contribution in [-0.2, 0) is 9.59 Å². The van der Waals surface area contributed by atoms with E-state index in [0.717, 1.165) is 38.5 Å². The molecule has 0 bridgehead atoms. The summed E-state index contributed by atoms with van der Waals surface area (Å²) in [5.74, 6) is 1.06. The van der Waals surface area contributed by atoms with Crippen LogP contribution in [0.25, 0.3) is 0 Å². The molecule has 0 rings (SSSR count). The number of carboxylic acid groups (broad SMARTS) is 1. The molecule has 0 radical (unpaired) electrons. The van der Waals surface area contributed by atoms with Crippen molar-refractivity contribution in [1.29, 1.82) is 0 Å². The third-order valence-corrected chi connectivity index (χ3v) is 4.03. The van der Waals surface area contributed by atoms with E-state index in [1.165, 1.54) is 25.7 Å². The average molecular weight is 339 g/mol. The van der Waals surface area contributed by atoms with Gasteiger partial charge in [-0.25, -0.2) is 0 Å². The van der Waals surface area contributed by atoms with Crippen molar-refractivity contribution < 1.29 is 24.9 Å². The molecule has 0 aliphatic heterocycles. The van der Waals surface area contributed by atoms with Crippen molar-refractivity contribution >= 4 is 11.8 Å². The zero-order chi connectivity index (χ0) is 18.2. The maximum absolute atomic E-state index is 11.7. The number of hydrogen-bond donors (Lipinski definition) is 2. The summed E-state index contributed by atoms with van der Waals surface area (Å²) in [5.41, 5.74) is 0. The quantitative estimate of drug-likeness (QED) is 0.330. The van der Waals surface area contributed by atoms with Crippen molar-refractivity contribution in [2.75, 3.05) is 0 Å². The normalized spacial score (nSPS) is 13.2. The van der Waals surface area contributed by atoms with Crippen LogP contribution in [0.1, 0.15) is 83.5 Å². The lowest BCUT2D eigenvalue weighted by Crippen LogP contribution is -2.35. The van der Waals surface area contributed by atoms with E-state index in [1.807, 2.05) is 0 Å². The summed E-state index contributed by atoms with van der Waals surface area (Å²) in [6, 6.07) is 0. The fraction of sp³-hybridized carbons (Fsp3) is 0.789. The van der Waals surface area contributed by atoms with E-state index in [2.05, 4.69) is 5.92 Å². The van der Waals surface area contributed by atoms with Crippen LogP contribution in [0.5, 0.6) is 0 Å². The molecule has 2 atom stereocenters. The molecule has 0 amide bonds. The molecule has 5 nitrogen and oxygen atoms in total. The Morgan fingerprint density at radius 1 is 0.833 bits per heavy atom. The molecule has 0 aromatic rings. The molecule has 0 saturated heterocycles. The lowest BCUT2D eigenvalue weighted by molar-refractivity contribution is -0.308. The van der Waals surface area contributed by atoms with Gasteiger partial charge in [0.05, 0.1) is 12.2 Å². The SMILES string of the molecule is C#CCCCCCCCCCCCC(=O)CC(O)C(O)CC(=O)[O-]. The van der Waals surface area contributed by atoms with E-state index in [1.54, 1.807) is 0 Å². The van der Waals surface area contributed by atoms with Gasteiger partial charge in [0.1, 0.15) is 5.78 Å². The molecule has 24 heavy (non-hydrogen) atoms. The molecule has 2 N–H and O–H groups in total. The standard InChI is InChI=1S/C19H32O5/c1-2-3-4-5-6-7-8-9-10-11-12-13-16(20)14-17(21)18(22)15-19(23)24/h1,17-18,21-22H,3-15H2,(H,23,24)/p-1. The first-order chi connectivity index (χ1) is 11.5. The first-order valence-corrected chi connectivity index (χ1v) is 8.98. The van der Waals surface area contributed by atoms with Crippen molar-refractivity contribution in [3.05, 3.63) is 0 Å². The smallest absolute Gasteiger partial charge is 0.135 e. The van der Waals surface area contributed by atoms with E-state index >= 15 is 0 Å². The third-order valence-electron chi connectivity index (χ3n) is 4.03. The third kappa shape index (κ3) is 14.2. The number of unbranched alkanes of at least 4 members (excludes halogenated alkanes) is 9. The molecule has 0 heterocycles. The van der Waals surface area contributed by atoms with Gasteiger partial charge in [-0.15, -0.1) is 12.3 Å². The first kappa shape index (κ1) is 22.6. The summed E-state index contributed by atoms with van der Waals surface area (Å²) in [6.07, 6.45) is 12.8. The van der Waals surface area contributed by atoms with Gasteiger partial charge in [-0.3, -0.25) is 4.79 Å². The molecule has 0 aromatic carbocycles. The highest BCUT2D eigenvalue weighted by Crippen LogP contribution is 2.12. The fourth-order valence-corrected chi connectivity index (χ4v) is 2.56. The number of aliphatic carboxylic acids is 1. The highest BCUT2D eigenvalue weighted by Gasteiger charge is 2.19. The largest absolute Gasteiger partial charge is 0.550 e. The number of Topliss-reactive ketones (excluding diaryl/α,β-unsaturated/α-hetero) is 1. The number of rotatable bonds is 16. The maximum atomic E-state index is 11.7. The van der Waals surface area contributed by atoms with Crippen LogP contribution in [0.15, 0.2) is 0 Å². The summed E-state index contributed by atoms with van der Waals surface area (Å²) in [4.78, 5) is 22.0. The van der Waals surface area contributed by atoms with Gasteiger partial charge in [0.15, 0.2) is 0 Å². The van der Waals surface area contributed by atoms with Gasteiger partial charge in [-0.2, -0.15) is 0 Å². The Bertz CT molecular complexity index is 386. The van der Waals surface area contributed by atoms with Crippen LogP contribution >= 0.6 is 0 Å². The zero-order valence-electron chi connectivity index (χ0n) is 14.5. The molecular formula is C19H31O5-. The topological polar surface area (TPSA) is 97.7 Å². The Morgan fingerprint density at radius 3 is 1.79 bits per heavy atom. The van der Waals surface area contributed by atoms with E-state index < -0.39 is 24.6 Å². The lowest BCUT2D eigenvalue weighted by Gasteiger charge is -2.17. The van der Waals surface area contributed by atoms with Gasteiger partial charge in [0, 0.05) is 31.7 Å². The lowest BCUT2D eigenvalue weighted by atomic mass is 10.0. The summed E-state index contributed by atoms with van der Waals surface area (Å²) < 4.78 is 0. The van der Waals surface area contributed by atoms with E-state index in [-0.39, 0.29) is 12.2 Å². The minimum atomic E-state index is -1.44. The fourth-order valence-electron chi connectivity index (χ4n) is 2.56. The number of terminal acetylenes is 1. The van der Waals surface area contributed by atoms with Crippen molar-refractivity contribution in [2.45, 2.75) is 95.7 Å². The summed E-state index contributed by atoms with van der Waals surface area (Å²) in [6.45, 7) is 0. The predicted octanol–water partition coefficient (Wildman–Crippen LogP) is 1.73. The van der Waals surface area contributed by atoms with Crippen LogP contribution in [0.2, 0.25) is 0 Å². The monoisotopic (exact) mass is 339 g/mol. The second-order valence-corrected chi connectivity index (χ2v) is 6.34. The number of aliphatic hydroxyl groups excluding tert-OH is 2. The average Bonchev–Trinajstić information content (AvgIpc) is 2.51. The van der Waals surface area contributed by atoms with Gasteiger partial charge >= 0.3 is 0 Å². The molecule has 5 heteroatoms. The molecule has 0 saturated carbocycles. The van der Waals surface area contributed by atoms with Crippen molar-refractivity contribution in [2.24, 2.45) is 0 Å². The predicted molar refractivity (Wildman–Crippen MR) is 90.9 cm³/mol. The zero-order valence-corrected chi connectivity index (χ0v) is 14.5. The number of aliphatic hydroxyl groups is 2. The molecule has 138 valence electrons. The maximum Gasteiger partial charge on any atom is 0.135 e. The minimum Gasteiger partial charge on any atom is -0.550 e. The molecule has 0 aliphatic rings. The second-order valence-electron chi connectivity index (χ2n) is 6.34. The Labute approximate surface area is 145 Å². The van der Waals surface area contributed by atoms with E-state index in [0.29, 0.717) is 6.42 Å². The Kier molecular flexibility index (Phi) is 14.3. The number of carbonyl (C=O) groups is 2. The number of ketones is 1. The highest BCUT2D eigenvalue weighted by atomic mass is 16.4. The van der Waals surface area contributed by atoms with Crippen molar-refractivity contribution in [1.82, 2.24) is 0 Å². The van der Waals surface area contributed by atoms with Gasteiger partial charge in [0.25, 0.3) is 0 Å². The Balaban J connectivity index is 3.46.